The van der Waals surface area contributed by atoms with Crippen LogP contribution in [0.15, 0.2) is 18.2 Å². The van der Waals surface area contributed by atoms with E-state index in [2.05, 4.69) is 5.10 Å². The van der Waals surface area contributed by atoms with Crippen LogP contribution in [0.5, 0.6) is 11.6 Å². The number of halogens is 5. The molecule has 1 aromatic heterocycles. The maximum Gasteiger partial charge on any atom is 0.432 e. The van der Waals surface area contributed by atoms with Crippen molar-refractivity contribution in [1.82, 2.24) is 10.2 Å². The van der Waals surface area contributed by atoms with Crippen molar-refractivity contribution in [3.05, 3.63) is 44.1 Å². The van der Waals surface area contributed by atoms with Crippen molar-refractivity contribution in [1.29, 1.82) is 0 Å². The van der Waals surface area contributed by atoms with E-state index in [9.17, 15) is 23.3 Å². The average molecular weight is 342 g/mol. The molecule has 0 bridgehead atoms. The van der Waals surface area contributed by atoms with E-state index in [0.717, 1.165) is 12.1 Å². The van der Waals surface area contributed by atoms with Gasteiger partial charge in [0.2, 0.25) is 5.88 Å². The van der Waals surface area contributed by atoms with Crippen molar-refractivity contribution in [3.63, 3.8) is 0 Å². The highest BCUT2D eigenvalue weighted by atomic mass is 35.5. The van der Waals surface area contributed by atoms with Crippen LogP contribution in [0.3, 0.4) is 0 Å². The first-order valence-electron chi connectivity index (χ1n) is 5.12. The second-order valence-electron chi connectivity index (χ2n) is 3.72. The molecule has 0 spiro atoms. The lowest BCUT2D eigenvalue weighted by atomic mass is 10.3. The maximum atomic E-state index is 12.4. The smallest absolute Gasteiger partial charge is 0.432 e. The summed E-state index contributed by atoms with van der Waals surface area (Å²) >= 11 is 11.5. The number of aromatic nitrogens is 2. The summed E-state index contributed by atoms with van der Waals surface area (Å²) in [7, 11) is 0. The molecule has 112 valence electrons. The Morgan fingerprint density at radius 3 is 2.24 bits per heavy atom. The zero-order chi connectivity index (χ0) is 15.8. The van der Waals surface area contributed by atoms with Crippen molar-refractivity contribution in [2.75, 3.05) is 0 Å². The number of nitrogens with zero attached hydrogens (tertiary/aromatic N) is 2. The Kier molecular flexibility index (Phi) is 3.97. The van der Waals surface area contributed by atoms with Gasteiger partial charge < -0.3 is 4.74 Å². The molecule has 0 fully saturated rings. The largest absolute Gasteiger partial charge is 0.434 e. The fraction of sp³-hybridized carbons (Fsp3) is 0.100. The van der Waals surface area contributed by atoms with Crippen LogP contribution < -0.4 is 4.74 Å². The van der Waals surface area contributed by atoms with Gasteiger partial charge in [0.25, 0.3) is 5.69 Å². The normalized spacial score (nSPS) is 11.5. The first kappa shape index (κ1) is 15.4. The molecular formula is C10H4Cl2F3N3O3. The van der Waals surface area contributed by atoms with E-state index >= 15 is 0 Å². The molecule has 0 amide bonds. The topological polar surface area (TPSA) is 81.0 Å². The van der Waals surface area contributed by atoms with E-state index in [0.29, 0.717) is 6.07 Å². The van der Waals surface area contributed by atoms with Gasteiger partial charge in [-0.3, -0.25) is 15.2 Å². The SMILES string of the molecule is O=[N+]([O-])c1cc(Cl)c(Oc2cc(C(F)(F)F)[nH]n2)c(Cl)c1. The molecule has 1 aromatic carbocycles. The van der Waals surface area contributed by atoms with E-state index in [1.807, 2.05) is 0 Å². The van der Waals surface area contributed by atoms with Gasteiger partial charge in [0.1, 0.15) is 5.69 Å². The molecule has 0 atom stereocenters. The number of nitro groups is 1. The van der Waals surface area contributed by atoms with Gasteiger partial charge in [-0.05, 0) is 0 Å². The van der Waals surface area contributed by atoms with Crippen molar-refractivity contribution in [2.45, 2.75) is 6.18 Å². The third kappa shape index (κ3) is 3.37. The summed E-state index contributed by atoms with van der Waals surface area (Å²) in [4.78, 5) is 9.87. The number of nitro benzene ring substituents is 1. The number of benzene rings is 1. The standard InChI is InChI=1S/C10H4Cl2F3N3O3/c11-5-1-4(18(19)20)2-6(12)9(5)21-8-3-7(16-17-8)10(13,14)15/h1-3H,(H,16,17). The molecule has 21 heavy (non-hydrogen) atoms. The van der Waals surface area contributed by atoms with Gasteiger partial charge in [-0.1, -0.05) is 23.2 Å². The van der Waals surface area contributed by atoms with E-state index < -0.39 is 22.7 Å². The summed E-state index contributed by atoms with van der Waals surface area (Å²) in [5.41, 5.74) is -1.50. The van der Waals surface area contributed by atoms with Crippen molar-refractivity contribution in [2.24, 2.45) is 0 Å². The Bertz CT molecular complexity index is 679. The molecule has 2 aromatic rings. The van der Waals surface area contributed by atoms with Crippen molar-refractivity contribution < 1.29 is 22.8 Å². The molecule has 1 N–H and O–H groups in total. The lowest BCUT2D eigenvalue weighted by molar-refractivity contribution is -0.384. The number of hydrogen-bond acceptors (Lipinski definition) is 4. The Morgan fingerprint density at radius 1 is 1.24 bits per heavy atom. The molecule has 6 nitrogen and oxygen atoms in total. The Hall–Kier alpha value is -2.00. The van der Waals surface area contributed by atoms with E-state index in [1.54, 1.807) is 5.10 Å². The minimum absolute atomic E-state index is 0.231. The Labute approximate surface area is 124 Å². The second-order valence-corrected chi connectivity index (χ2v) is 4.53. The lowest BCUT2D eigenvalue weighted by Crippen LogP contribution is -2.04. The predicted molar refractivity (Wildman–Crippen MR) is 66.8 cm³/mol. The Balaban J connectivity index is 2.32. The number of rotatable bonds is 3. The highest BCUT2D eigenvalue weighted by Crippen LogP contribution is 2.39. The molecule has 0 saturated heterocycles. The van der Waals surface area contributed by atoms with Gasteiger partial charge in [0.15, 0.2) is 5.75 Å². The molecule has 0 aliphatic carbocycles. The van der Waals surface area contributed by atoms with Crippen LogP contribution in [0.4, 0.5) is 18.9 Å². The number of non-ortho nitro benzene ring substituents is 1. The van der Waals surface area contributed by atoms with Crippen LogP contribution >= 0.6 is 23.2 Å². The zero-order valence-corrected chi connectivity index (χ0v) is 11.3. The van der Waals surface area contributed by atoms with E-state index in [1.165, 1.54) is 0 Å². The summed E-state index contributed by atoms with van der Waals surface area (Å²) in [5, 5.41) is 15.2. The summed E-state index contributed by atoms with van der Waals surface area (Å²) < 4.78 is 42.2. The number of ether oxygens (including phenoxy) is 1. The molecule has 11 heteroatoms. The lowest BCUT2D eigenvalue weighted by Gasteiger charge is -2.06. The molecule has 0 unspecified atom stereocenters. The average Bonchev–Trinajstić information content (AvgIpc) is 2.81. The van der Waals surface area contributed by atoms with Crippen LogP contribution in [0.1, 0.15) is 5.69 Å². The van der Waals surface area contributed by atoms with Gasteiger partial charge in [-0.25, -0.2) is 0 Å². The van der Waals surface area contributed by atoms with E-state index in [4.69, 9.17) is 27.9 Å². The van der Waals surface area contributed by atoms with Gasteiger partial charge in [-0.2, -0.15) is 13.2 Å². The summed E-state index contributed by atoms with van der Waals surface area (Å²) in [6.07, 6.45) is -4.61. The summed E-state index contributed by atoms with van der Waals surface area (Å²) in [6.45, 7) is 0. The maximum absolute atomic E-state index is 12.4. The van der Waals surface area contributed by atoms with Crippen molar-refractivity contribution in [3.8, 4) is 11.6 Å². The fourth-order valence-corrected chi connectivity index (χ4v) is 1.91. The first-order valence-corrected chi connectivity index (χ1v) is 5.88. The Morgan fingerprint density at radius 2 is 1.81 bits per heavy atom. The molecule has 0 aliphatic rings. The molecule has 0 aliphatic heterocycles. The number of hydrogen-bond donors (Lipinski definition) is 1. The van der Waals surface area contributed by atoms with Gasteiger partial charge in [0.05, 0.1) is 15.0 Å². The van der Waals surface area contributed by atoms with Gasteiger partial charge in [-0.15, -0.1) is 5.10 Å². The predicted octanol–water partition coefficient (Wildman–Crippen LogP) is 4.44. The third-order valence-corrected chi connectivity index (χ3v) is 2.82. The number of H-pyrrole nitrogens is 1. The highest BCUT2D eigenvalue weighted by molar-refractivity contribution is 6.37. The first-order chi connectivity index (χ1) is 9.68. The number of nitrogens with one attached hydrogen (secondary N) is 1. The second kappa shape index (κ2) is 5.41. The molecule has 1 heterocycles. The van der Waals surface area contributed by atoms with Crippen LogP contribution in [0.25, 0.3) is 0 Å². The van der Waals surface area contributed by atoms with E-state index in [-0.39, 0.29) is 21.5 Å². The van der Waals surface area contributed by atoms with Gasteiger partial charge in [0, 0.05) is 18.2 Å². The minimum Gasteiger partial charge on any atom is -0.434 e. The summed E-state index contributed by atoms with van der Waals surface area (Å²) in [6, 6.07) is 2.52. The fourth-order valence-electron chi connectivity index (χ4n) is 1.35. The van der Waals surface area contributed by atoms with Crippen LogP contribution in [0, 0.1) is 10.1 Å². The van der Waals surface area contributed by atoms with Crippen LogP contribution in [-0.4, -0.2) is 15.1 Å². The van der Waals surface area contributed by atoms with Gasteiger partial charge >= 0.3 is 6.18 Å². The molecule has 0 saturated carbocycles. The van der Waals surface area contributed by atoms with Crippen LogP contribution in [0.2, 0.25) is 10.0 Å². The molecule has 2 rings (SSSR count). The highest BCUT2D eigenvalue weighted by Gasteiger charge is 2.33. The number of alkyl halides is 3. The minimum atomic E-state index is -4.61. The molecule has 0 radical (unpaired) electrons. The zero-order valence-electron chi connectivity index (χ0n) is 9.74. The third-order valence-electron chi connectivity index (χ3n) is 2.26. The van der Waals surface area contributed by atoms with Crippen molar-refractivity contribution >= 4 is 28.9 Å². The van der Waals surface area contributed by atoms with Crippen LogP contribution in [-0.2, 0) is 6.18 Å². The monoisotopic (exact) mass is 341 g/mol. The summed E-state index contributed by atoms with van der Waals surface area (Å²) in [5.74, 6) is -0.663. The number of aromatic amines is 1. The molecular weight excluding hydrogens is 338 g/mol. The quantitative estimate of drug-likeness (QED) is 0.661.